The molecule has 33 heavy (non-hydrogen) atoms. The van der Waals surface area contributed by atoms with Crippen LogP contribution in [0.15, 0.2) is 54.2 Å². The summed E-state index contributed by atoms with van der Waals surface area (Å²) in [6.45, 7) is 2.04. The van der Waals surface area contributed by atoms with Crippen molar-refractivity contribution < 1.29 is 19.0 Å². The number of benzene rings is 2. The minimum Gasteiger partial charge on any atom is -0.396 e. The molecule has 0 saturated heterocycles. The maximum Gasteiger partial charge on any atom is 0.125 e. The molecular weight excluding hydrogens is 446 g/mol. The molecule has 0 amide bonds. The molecule has 0 radical (unpaired) electrons. The van der Waals surface area contributed by atoms with Gasteiger partial charge in [0.2, 0.25) is 0 Å². The number of aliphatic hydroxyl groups is 2. The van der Waals surface area contributed by atoms with Crippen LogP contribution in [0.5, 0.6) is 0 Å². The van der Waals surface area contributed by atoms with E-state index in [4.69, 9.17) is 11.6 Å². The Morgan fingerprint density at radius 1 is 1.15 bits per heavy atom. The zero-order chi connectivity index (χ0) is 23.4. The highest BCUT2D eigenvalue weighted by Gasteiger charge is 2.56. The van der Waals surface area contributed by atoms with Crippen LogP contribution in [0.4, 0.5) is 8.78 Å². The second kappa shape index (κ2) is 8.05. The van der Waals surface area contributed by atoms with E-state index in [0.717, 1.165) is 23.4 Å². The van der Waals surface area contributed by atoms with Crippen molar-refractivity contribution in [3.8, 4) is 5.69 Å². The third-order valence-electron chi connectivity index (χ3n) is 7.72. The maximum atomic E-state index is 13.9. The van der Waals surface area contributed by atoms with Crippen molar-refractivity contribution in [3.63, 3.8) is 0 Å². The van der Waals surface area contributed by atoms with E-state index in [2.05, 4.69) is 18.1 Å². The van der Waals surface area contributed by atoms with Gasteiger partial charge in [-0.15, -0.1) is 0 Å². The molecule has 7 heteroatoms. The lowest BCUT2D eigenvalue weighted by Gasteiger charge is -2.46. The molecular formula is C26H25ClF2N2O2. The lowest BCUT2D eigenvalue weighted by molar-refractivity contribution is -0.0139. The molecule has 3 unspecified atom stereocenters. The molecule has 1 heterocycles. The standard InChI is InChI=1S/C26H25ClF2N2O2/c1-25-12-17-14-30-31(22-4-2-20(28)3-5-22)23(17)10-18(25)6-7-26(25,15-32)13-24(33)16-8-19(27)11-21(29)9-16/h2-5,8-11,14,24,32-33H,6-7,12-13,15H2,1H3. The molecule has 2 aliphatic rings. The molecule has 1 aromatic heterocycles. The van der Waals surface area contributed by atoms with Gasteiger partial charge in [-0.2, -0.15) is 5.10 Å². The Balaban J connectivity index is 1.49. The second-order valence-corrected chi connectivity index (χ2v) is 9.92. The summed E-state index contributed by atoms with van der Waals surface area (Å²) in [5, 5.41) is 26.4. The summed E-state index contributed by atoms with van der Waals surface area (Å²) in [4.78, 5) is 0. The molecule has 3 atom stereocenters. The Morgan fingerprint density at radius 2 is 1.91 bits per heavy atom. The van der Waals surface area contributed by atoms with E-state index in [1.165, 1.54) is 29.8 Å². The predicted molar refractivity (Wildman–Crippen MR) is 123 cm³/mol. The number of halogens is 3. The predicted octanol–water partition coefficient (Wildman–Crippen LogP) is 5.65. The first-order valence-corrected chi connectivity index (χ1v) is 11.4. The summed E-state index contributed by atoms with van der Waals surface area (Å²) < 4.78 is 29.1. The van der Waals surface area contributed by atoms with Crippen LogP contribution in [0.2, 0.25) is 5.02 Å². The molecule has 1 saturated carbocycles. The zero-order valence-corrected chi connectivity index (χ0v) is 19.0. The van der Waals surface area contributed by atoms with Gasteiger partial charge in [0.05, 0.1) is 23.7 Å². The van der Waals surface area contributed by atoms with Gasteiger partial charge in [-0.1, -0.05) is 24.1 Å². The normalized spacial score (nSPS) is 24.8. The number of fused-ring (bicyclic) bond motifs is 2. The summed E-state index contributed by atoms with van der Waals surface area (Å²) in [6.07, 6.45) is 5.43. The molecule has 2 N–H and O–H groups in total. The van der Waals surface area contributed by atoms with Crippen LogP contribution in [0.1, 0.15) is 49.1 Å². The zero-order valence-electron chi connectivity index (χ0n) is 18.2. The van der Waals surface area contributed by atoms with Gasteiger partial charge < -0.3 is 10.2 Å². The third-order valence-corrected chi connectivity index (χ3v) is 7.94. The van der Waals surface area contributed by atoms with Gasteiger partial charge in [-0.05, 0) is 85.4 Å². The fraction of sp³-hybridized carbons (Fsp3) is 0.346. The molecule has 1 fully saturated rings. The molecule has 0 spiro atoms. The van der Waals surface area contributed by atoms with Gasteiger partial charge in [0.25, 0.3) is 0 Å². The molecule has 0 bridgehead atoms. The average molecular weight is 471 g/mol. The molecule has 5 rings (SSSR count). The number of aromatic nitrogens is 2. The third kappa shape index (κ3) is 3.61. The van der Waals surface area contributed by atoms with Crippen LogP contribution in [-0.2, 0) is 6.42 Å². The highest BCUT2D eigenvalue weighted by molar-refractivity contribution is 6.30. The molecule has 2 aliphatic carbocycles. The van der Waals surface area contributed by atoms with Crippen molar-refractivity contribution in [2.75, 3.05) is 6.61 Å². The van der Waals surface area contributed by atoms with Gasteiger partial charge in [-0.3, -0.25) is 0 Å². The lowest BCUT2D eigenvalue weighted by atomic mass is 9.59. The fourth-order valence-electron chi connectivity index (χ4n) is 5.72. The Morgan fingerprint density at radius 3 is 2.61 bits per heavy atom. The number of rotatable bonds is 5. The minimum absolute atomic E-state index is 0.0949. The van der Waals surface area contributed by atoms with E-state index in [-0.39, 0.29) is 22.9 Å². The molecule has 0 aliphatic heterocycles. The summed E-state index contributed by atoms with van der Waals surface area (Å²) in [5.41, 5.74) is 3.42. The van der Waals surface area contributed by atoms with E-state index in [9.17, 15) is 19.0 Å². The second-order valence-electron chi connectivity index (χ2n) is 9.48. The van der Waals surface area contributed by atoms with Gasteiger partial charge in [0.1, 0.15) is 11.6 Å². The topological polar surface area (TPSA) is 58.3 Å². The summed E-state index contributed by atoms with van der Waals surface area (Å²) >= 11 is 6.00. The lowest BCUT2D eigenvalue weighted by Crippen LogP contribution is -2.43. The van der Waals surface area contributed by atoms with Crippen LogP contribution in [0, 0.1) is 22.5 Å². The number of aliphatic hydroxyl groups excluding tert-OH is 2. The van der Waals surface area contributed by atoms with Crippen molar-refractivity contribution in [3.05, 3.63) is 87.7 Å². The Kier molecular flexibility index (Phi) is 5.43. The molecule has 2 aromatic carbocycles. The van der Waals surface area contributed by atoms with E-state index in [1.807, 2.05) is 10.9 Å². The SMILES string of the molecule is CC12Cc3cnn(-c4ccc(F)cc4)c3C=C1CCC2(CO)CC(O)c1cc(F)cc(Cl)c1. The monoisotopic (exact) mass is 470 g/mol. The van der Waals surface area contributed by atoms with E-state index in [1.54, 1.807) is 18.2 Å². The van der Waals surface area contributed by atoms with Gasteiger partial charge >= 0.3 is 0 Å². The first kappa shape index (κ1) is 22.3. The van der Waals surface area contributed by atoms with Crippen molar-refractivity contribution in [2.45, 2.75) is 38.7 Å². The molecule has 3 aromatic rings. The van der Waals surface area contributed by atoms with Crippen molar-refractivity contribution in [1.29, 1.82) is 0 Å². The van der Waals surface area contributed by atoms with Crippen LogP contribution < -0.4 is 0 Å². The fourth-order valence-corrected chi connectivity index (χ4v) is 5.95. The van der Waals surface area contributed by atoms with Gasteiger partial charge in [0.15, 0.2) is 0 Å². The van der Waals surface area contributed by atoms with Gasteiger partial charge in [-0.25, -0.2) is 13.5 Å². The number of nitrogens with zero attached hydrogens (tertiary/aromatic N) is 2. The summed E-state index contributed by atoms with van der Waals surface area (Å²) in [5.74, 6) is -0.796. The van der Waals surface area contributed by atoms with Crippen molar-refractivity contribution in [1.82, 2.24) is 9.78 Å². The van der Waals surface area contributed by atoms with E-state index >= 15 is 0 Å². The van der Waals surface area contributed by atoms with E-state index in [0.29, 0.717) is 24.8 Å². The van der Waals surface area contributed by atoms with Crippen LogP contribution in [0.25, 0.3) is 11.8 Å². The maximum absolute atomic E-state index is 13.9. The first-order valence-electron chi connectivity index (χ1n) is 11.0. The molecule has 172 valence electrons. The summed E-state index contributed by atoms with van der Waals surface area (Å²) in [7, 11) is 0. The minimum atomic E-state index is -0.954. The average Bonchev–Trinajstić information content (AvgIpc) is 3.30. The quantitative estimate of drug-likeness (QED) is 0.507. The Hall–Kier alpha value is -2.54. The van der Waals surface area contributed by atoms with Crippen molar-refractivity contribution in [2.24, 2.45) is 10.8 Å². The van der Waals surface area contributed by atoms with Crippen LogP contribution in [0.3, 0.4) is 0 Å². The number of hydrogen-bond donors (Lipinski definition) is 2. The van der Waals surface area contributed by atoms with Crippen LogP contribution in [-0.4, -0.2) is 26.6 Å². The number of allylic oxidation sites excluding steroid dienone is 1. The highest BCUT2D eigenvalue weighted by Crippen LogP contribution is 2.62. The Labute approximate surface area is 196 Å². The number of hydrogen-bond acceptors (Lipinski definition) is 3. The van der Waals surface area contributed by atoms with Gasteiger partial charge in [0, 0.05) is 22.5 Å². The molecule has 4 nitrogen and oxygen atoms in total. The first-order chi connectivity index (χ1) is 15.7. The smallest absolute Gasteiger partial charge is 0.125 e. The Bertz CT molecular complexity index is 1220. The van der Waals surface area contributed by atoms with Crippen molar-refractivity contribution >= 4 is 17.7 Å². The summed E-state index contributed by atoms with van der Waals surface area (Å²) in [6, 6.07) is 10.3. The van der Waals surface area contributed by atoms with Crippen LogP contribution >= 0.6 is 11.6 Å². The highest BCUT2D eigenvalue weighted by atomic mass is 35.5. The largest absolute Gasteiger partial charge is 0.396 e. The van der Waals surface area contributed by atoms with E-state index < -0.39 is 17.3 Å².